The maximum Gasteiger partial charge on any atom is 0.347 e. The van der Waals surface area contributed by atoms with Crippen molar-refractivity contribution in [2.75, 3.05) is 6.61 Å². The number of esters is 1. The standard InChI is InChI=1S/C12H14Cl2O3/c1-3-10(12(15)16-4-2)17-11-8(13)6-5-7-9(11)14/h5-7,10H,3-4H2,1-2H3. The molecule has 0 spiro atoms. The molecule has 0 fully saturated rings. The number of rotatable bonds is 5. The van der Waals surface area contributed by atoms with Crippen molar-refractivity contribution in [1.82, 2.24) is 0 Å². The summed E-state index contributed by atoms with van der Waals surface area (Å²) in [7, 11) is 0. The second-order valence-corrected chi connectivity index (χ2v) is 4.13. The molecule has 0 aliphatic carbocycles. The molecule has 0 aromatic heterocycles. The highest BCUT2D eigenvalue weighted by Crippen LogP contribution is 2.33. The van der Waals surface area contributed by atoms with E-state index < -0.39 is 12.1 Å². The van der Waals surface area contributed by atoms with Crippen LogP contribution in [0.4, 0.5) is 0 Å². The Bertz CT molecular complexity index is 373. The molecule has 0 saturated heterocycles. The summed E-state index contributed by atoms with van der Waals surface area (Å²) < 4.78 is 10.4. The zero-order valence-electron chi connectivity index (χ0n) is 9.70. The van der Waals surface area contributed by atoms with Gasteiger partial charge in [0, 0.05) is 0 Å². The molecule has 0 aliphatic rings. The van der Waals surface area contributed by atoms with Gasteiger partial charge in [0.25, 0.3) is 0 Å². The Morgan fingerprint density at radius 3 is 2.35 bits per heavy atom. The number of benzene rings is 1. The molecular weight excluding hydrogens is 263 g/mol. The first-order valence-corrected chi connectivity index (χ1v) is 6.13. The summed E-state index contributed by atoms with van der Waals surface area (Å²) in [5, 5.41) is 0.750. The van der Waals surface area contributed by atoms with Gasteiger partial charge in [0.2, 0.25) is 0 Å². The average molecular weight is 277 g/mol. The highest BCUT2D eigenvalue weighted by atomic mass is 35.5. The van der Waals surface area contributed by atoms with Crippen LogP contribution >= 0.6 is 23.2 Å². The van der Waals surface area contributed by atoms with E-state index in [0.29, 0.717) is 28.8 Å². The summed E-state index contributed by atoms with van der Waals surface area (Å²) in [5.41, 5.74) is 0. The van der Waals surface area contributed by atoms with Gasteiger partial charge in [0.05, 0.1) is 16.7 Å². The fourth-order valence-electron chi connectivity index (χ4n) is 1.27. The Morgan fingerprint density at radius 2 is 1.88 bits per heavy atom. The largest absolute Gasteiger partial charge is 0.476 e. The van der Waals surface area contributed by atoms with Gasteiger partial charge in [-0.1, -0.05) is 36.2 Å². The second-order valence-electron chi connectivity index (χ2n) is 3.32. The minimum Gasteiger partial charge on any atom is -0.476 e. The van der Waals surface area contributed by atoms with Crippen molar-refractivity contribution < 1.29 is 14.3 Å². The van der Waals surface area contributed by atoms with E-state index in [-0.39, 0.29) is 0 Å². The van der Waals surface area contributed by atoms with Crippen molar-refractivity contribution in [2.45, 2.75) is 26.4 Å². The number of ether oxygens (including phenoxy) is 2. The van der Waals surface area contributed by atoms with Crippen molar-refractivity contribution in [3.05, 3.63) is 28.2 Å². The van der Waals surface area contributed by atoms with Crippen molar-refractivity contribution in [2.24, 2.45) is 0 Å². The molecule has 17 heavy (non-hydrogen) atoms. The number of para-hydroxylation sites is 1. The molecule has 94 valence electrons. The monoisotopic (exact) mass is 276 g/mol. The van der Waals surface area contributed by atoms with Gasteiger partial charge >= 0.3 is 5.97 Å². The fourth-order valence-corrected chi connectivity index (χ4v) is 1.76. The number of hydrogen-bond acceptors (Lipinski definition) is 3. The van der Waals surface area contributed by atoms with Crippen LogP contribution < -0.4 is 4.74 Å². The maximum atomic E-state index is 11.6. The molecule has 1 unspecified atom stereocenters. The molecule has 1 aromatic carbocycles. The van der Waals surface area contributed by atoms with Crippen LogP contribution in [-0.4, -0.2) is 18.7 Å². The zero-order valence-corrected chi connectivity index (χ0v) is 11.2. The molecule has 1 atom stereocenters. The van der Waals surface area contributed by atoms with Crippen molar-refractivity contribution in [3.8, 4) is 5.75 Å². The minimum atomic E-state index is -0.688. The van der Waals surface area contributed by atoms with Gasteiger partial charge in [-0.05, 0) is 25.5 Å². The molecule has 3 nitrogen and oxygen atoms in total. The van der Waals surface area contributed by atoms with Crippen LogP contribution in [0.3, 0.4) is 0 Å². The van der Waals surface area contributed by atoms with Crippen LogP contribution in [0.5, 0.6) is 5.75 Å². The van der Waals surface area contributed by atoms with Crippen molar-refractivity contribution >= 4 is 29.2 Å². The number of carbonyl (C=O) groups is 1. The number of hydrogen-bond donors (Lipinski definition) is 0. The van der Waals surface area contributed by atoms with Crippen LogP contribution in [0, 0.1) is 0 Å². The van der Waals surface area contributed by atoms with Gasteiger partial charge in [-0.15, -0.1) is 0 Å². The lowest BCUT2D eigenvalue weighted by Gasteiger charge is -2.17. The summed E-state index contributed by atoms with van der Waals surface area (Å²) in [4.78, 5) is 11.6. The van der Waals surface area contributed by atoms with E-state index in [1.54, 1.807) is 25.1 Å². The first-order valence-electron chi connectivity index (χ1n) is 5.37. The van der Waals surface area contributed by atoms with Crippen molar-refractivity contribution in [1.29, 1.82) is 0 Å². The minimum absolute atomic E-state index is 0.314. The normalized spacial score (nSPS) is 12.0. The molecule has 0 heterocycles. The lowest BCUT2D eigenvalue weighted by Crippen LogP contribution is -2.28. The van der Waals surface area contributed by atoms with E-state index in [0.717, 1.165) is 0 Å². The van der Waals surface area contributed by atoms with Crippen LogP contribution in [0.1, 0.15) is 20.3 Å². The molecule has 0 N–H and O–H groups in total. The molecule has 0 amide bonds. The topological polar surface area (TPSA) is 35.5 Å². The first-order chi connectivity index (χ1) is 8.10. The molecule has 1 aromatic rings. The molecule has 0 saturated carbocycles. The van der Waals surface area contributed by atoms with Crippen LogP contribution in [0.2, 0.25) is 10.0 Å². The van der Waals surface area contributed by atoms with Crippen LogP contribution in [-0.2, 0) is 9.53 Å². The van der Waals surface area contributed by atoms with Crippen LogP contribution in [0.15, 0.2) is 18.2 Å². The van der Waals surface area contributed by atoms with E-state index in [9.17, 15) is 4.79 Å². The summed E-state index contributed by atoms with van der Waals surface area (Å²) >= 11 is 11.9. The molecule has 0 radical (unpaired) electrons. The molecule has 1 rings (SSSR count). The predicted molar refractivity (Wildman–Crippen MR) is 67.8 cm³/mol. The summed E-state index contributed by atoms with van der Waals surface area (Å²) in [5.74, 6) is -0.0956. The lowest BCUT2D eigenvalue weighted by atomic mass is 10.2. The number of halogens is 2. The van der Waals surface area contributed by atoms with Gasteiger partial charge in [0.1, 0.15) is 0 Å². The third-order valence-corrected chi connectivity index (χ3v) is 2.69. The van der Waals surface area contributed by atoms with Gasteiger partial charge < -0.3 is 9.47 Å². The quantitative estimate of drug-likeness (QED) is 0.769. The maximum absolute atomic E-state index is 11.6. The first kappa shape index (κ1) is 14.1. The van der Waals surface area contributed by atoms with Crippen molar-refractivity contribution in [3.63, 3.8) is 0 Å². The predicted octanol–water partition coefficient (Wildman–Crippen LogP) is 3.71. The number of carbonyl (C=O) groups excluding carboxylic acids is 1. The SMILES string of the molecule is CCOC(=O)C(CC)Oc1c(Cl)cccc1Cl. The Kier molecular flexibility index (Phi) is 5.59. The third kappa shape index (κ3) is 3.79. The van der Waals surface area contributed by atoms with E-state index in [1.807, 2.05) is 6.92 Å². The summed E-state index contributed by atoms with van der Waals surface area (Å²) in [6.45, 7) is 3.88. The zero-order chi connectivity index (χ0) is 12.8. The average Bonchev–Trinajstić information content (AvgIpc) is 2.29. The highest BCUT2D eigenvalue weighted by molar-refractivity contribution is 6.37. The Balaban J connectivity index is 2.84. The van der Waals surface area contributed by atoms with E-state index in [2.05, 4.69) is 0 Å². The Hall–Kier alpha value is -0.930. The molecule has 0 bridgehead atoms. The van der Waals surface area contributed by atoms with Crippen LogP contribution in [0.25, 0.3) is 0 Å². The highest BCUT2D eigenvalue weighted by Gasteiger charge is 2.21. The lowest BCUT2D eigenvalue weighted by molar-refractivity contribution is -0.151. The van der Waals surface area contributed by atoms with E-state index >= 15 is 0 Å². The smallest absolute Gasteiger partial charge is 0.347 e. The van der Waals surface area contributed by atoms with Gasteiger partial charge in [0.15, 0.2) is 11.9 Å². The molecular formula is C12H14Cl2O3. The van der Waals surface area contributed by atoms with E-state index in [1.165, 1.54) is 0 Å². The van der Waals surface area contributed by atoms with Gasteiger partial charge in [-0.25, -0.2) is 4.79 Å². The Morgan fingerprint density at radius 1 is 1.29 bits per heavy atom. The third-order valence-electron chi connectivity index (χ3n) is 2.10. The molecule has 0 aliphatic heterocycles. The summed E-state index contributed by atoms with van der Waals surface area (Å²) in [6, 6.07) is 5.02. The van der Waals surface area contributed by atoms with Gasteiger partial charge in [-0.2, -0.15) is 0 Å². The van der Waals surface area contributed by atoms with E-state index in [4.69, 9.17) is 32.7 Å². The molecule has 5 heteroatoms. The fraction of sp³-hybridized carbons (Fsp3) is 0.417. The summed E-state index contributed by atoms with van der Waals surface area (Å²) in [6.07, 6.45) is -0.201. The Labute approximate surface area is 111 Å². The second kappa shape index (κ2) is 6.72. The van der Waals surface area contributed by atoms with Gasteiger partial charge in [-0.3, -0.25) is 0 Å².